The van der Waals surface area contributed by atoms with Crippen LogP contribution in [0.3, 0.4) is 0 Å². The lowest BCUT2D eigenvalue weighted by Gasteiger charge is -2.04. The maximum Gasteiger partial charge on any atom is 0.275 e. The van der Waals surface area contributed by atoms with Gasteiger partial charge >= 0.3 is 0 Å². The van der Waals surface area contributed by atoms with Crippen molar-refractivity contribution < 1.29 is 4.92 Å². The van der Waals surface area contributed by atoms with E-state index in [4.69, 9.17) is 17.3 Å². The second kappa shape index (κ2) is 7.14. The third kappa shape index (κ3) is 3.99. The van der Waals surface area contributed by atoms with E-state index in [2.05, 4.69) is 10.3 Å². The van der Waals surface area contributed by atoms with Crippen LogP contribution in [0, 0.1) is 10.1 Å². The topological polar surface area (TPSA) is 99.9 Å². The van der Waals surface area contributed by atoms with Crippen molar-refractivity contribution in [1.29, 1.82) is 0 Å². The number of aromatic nitrogens is 3. The van der Waals surface area contributed by atoms with Gasteiger partial charge in [-0.25, -0.2) is 4.68 Å². The van der Waals surface area contributed by atoms with E-state index in [0.29, 0.717) is 17.1 Å². The largest absolute Gasteiger partial charge is 0.330 e. The molecule has 1 heterocycles. The minimum absolute atomic E-state index is 0.0114. The highest BCUT2D eigenvalue weighted by Gasteiger charge is 2.17. The van der Waals surface area contributed by atoms with Gasteiger partial charge in [-0.1, -0.05) is 22.9 Å². The van der Waals surface area contributed by atoms with Crippen LogP contribution in [0.4, 0.5) is 5.69 Å². The molecule has 0 aliphatic carbocycles. The summed E-state index contributed by atoms with van der Waals surface area (Å²) in [6.45, 7) is 0.875. The molecule has 0 unspecified atom stereocenters. The number of nitrogens with zero attached hydrogens (tertiary/aromatic N) is 4. The van der Waals surface area contributed by atoms with Gasteiger partial charge in [-0.3, -0.25) is 10.1 Å². The molecule has 2 N–H and O–H groups in total. The Morgan fingerprint density at radius 3 is 2.90 bits per heavy atom. The molecule has 8 heteroatoms. The Hall–Kier alpha value is -1.99. The SMILES string of the molecule is NCCCCc1cn(Cc2c(Cl)cccc2[N+](=O)[O-])nn1. The molecule has 7 nitrogen and oxygen atoms in total. The number of nitrogens with two attached hydrogens (primary N) is 1. The summed E-state index contributed by atoms with van der Waals surface area (Å²) in [5.41, 5.74) is 6.71. The van der Waals surface area contributed by atoms with Gasteiger partial charge in [-0.05, 0) is 31.9 Å². The second-order valence-electron chi connectivity index (χ2n) is 4.65. The van der Waals surface area contributed by atoms with Crippen molar-refractivity contribution >= 4 is 17.3 Å². The molecule has 0 saturated heterocycles. The molecule has 0 amide bonds. The molecule has 0 saturated carbocycles. The van der Waals surface area contributed by atoms with Gasteiger partial charge in [0.1, 0.15) is 0 Å². The highest BCUT2D eigenvalue weighted by molar-refractivity contribution is 6.31. The Morgan fingerprint density at radius 1 is 1.38 bits per heavy atom. The van der Waals surface area contributed by atoms with E-state index in [1.165, 1.54) is 6.07 Å². The normalized spacial score (nSPS) is 10.8. The molecule has 0 radical (unpaired) electrons. The van der Waals surface area contributed by atoms with Crippen molar-refractivity contribution in [1.82, 2.24) is 15.0 Å². The van der Waals surface area contributed by atoms with Gasteiger partial charge in [0.25, 0.3) is 5.69 Å². The van der Waals surface area contributed by atoms with Crippen molar-refractivity contribution in [2.24, 2.45) is 5.73 Å². The molecule has 1 aromatic carbocycles. The standard InChI is InChI=1S/C13H16ClN5O2/c14-12-5-3-6-13(19(20)21)11(12)9-18-8-10(16-17-18)4-1-2-7-15/h3,5-6,8H,1-2,4,7,9,15H2. The highest BCUT2D eigenvalue weighted by Crippen LogP contribution is 2.26. The van der Waals surface area contributed by atoms with Crippen molar-refractivity contribution in [3.05, 3.63) is 50.8 Å². The van der Waals surface area contributed by atoms with Crippen LogP contribution in [0.2, 0.25) is 5.02 Å². The molecular formula is C13H16ClN5O2. The molecule has 0 aliphatic rings. The summed E-state index contributed by atoms with van der Waals surface area (Å²) in [5, 5.41) is 19.4. The highest BCUT2D eigenvalue weighted by atomic mass is 35.5. The molecule has 0 aliphatic heterocycles. The van der Waals surface area contributed by atoms with E-state index in [-0.39, 0.29) is 12.2 Å². The Morgan fingerprint density at radius 2 is 2.19 bits per heavy atom. The zero-order valence-electron chi connectivity index (χ0n) is 11.4. The van der Waals surface area contributed by atoms with Crippen LogP contribution in [0.5, 0.6) is 0 Å². The Labute approximate surface area is 126 Å². The van der Waals surface area contributed by atoms with Crippen LogP contribution in [0.15, 0.2) is 24.4 Å². The van der Waals surface area contributed by atoms with Crippen molar-refractivity contribution in [2.75, 3.05) is 6.54 Å². The van der Waals surface area contributed by atoms with E-state index >= 15 is 0 Å². The fourth-order valence-corrected chi connectivity index (χ4v) is 2.25. The van der Waals surface area contributed by atoms with Gasteiger partial charge in [0, 0.05) is 12.3 Å². The lowest BCUT2D eigenvalue weighted by Crippen LogP contribution is -2.04. The molecule has 0 spiro atoms. The summed E-state index contributed by atoms with van der Waals surface area (Å²) >= 11 is 6.05. The van der Waals surface area contributed by atoms with E-state index in [9.17, 15) is 10.1 Å². The fourth-order valence-electron chi connectivity index (χ4n) is 2.02. The summed E-state index contributed by atoms with van der Waals surface area (Å²) in [7, 11) is 0. The maximum atomic E-state index is 11.0. The summed E-state index contributed by atoms with van der Waals surface area (Å²) in [6, 6.07) is 4.62. The maximum absolute atomic E-state index is 11.0. The molecule has 112 valence electrons. The first-order chi connectivity index (χ1) is 10.1. The van der Waals surface area contributed by atoms with Gasteiger partial charge in [-0.15, -0.1) is 5.10 Å². The van der Waals surface area contributed by atoms with Gasteiger partial charge in [0.15, 0.2) is 0 Å². The molecule has 0 bridgehead atoms. The van der Waals surface area contributed by atoms with Crippen LogP contribution in [-0.2, 0) is 13.0 Å². The number of hydrogen-bond acceptors (Lipinski definition) is 5. The van der Waals surface area contributed by atoms with E-state index in [1.807, 2.05) is 0 Å². The lowest BCUT2D eigenvalue weighted by atomic mass is 10.2. The quantitative estimate of drug-likeness (QED) is 0.480. The predicted molar refractivity (Wildman–Crippen MR) is 79.2 cm³/mol. The molecular weight excluding hydrogens is 294 g/mol. The van der Waals surface area contributed by atoms with Crippen LogP contribution >= 0.6 is 11.6 Å². The molecule has 1 aromatic heterocycles. The van der Waals surface area contributed by atoms with Gasteiger partial charge < -0.3 is 5.73 Å². The molecule has 2 rings (SSSR count). The van der Waals surface area contributed by atoms with Gasteiger partial charge in [-0.2, -0.15) is 0 Å². The number of unbranched alkanes of at least 4 members (excludes halogenated alkanes) is 1. The number of benzene rings is 1. The lowest BCUT2D eigenvalue weighted by molar-refractivity contribution is -0.385. The van der Waals surface area contributed by atoms with Gasteiger partial charge in [0.05, 0.1) is 27.7 Å². The zero-order valence-corrected chi connectivity index (χ0v) is 12.2. The Bertz CT molecular complexity index is 629. The Kier molecular flexibility index (Phi) is 5.24. The molecule has 0 atom stereocenters. The third-order valence-corrected chi connectivity index (χ3v) is 3.44. The minimum Gasteiger partial charge on any atom is -0.330 e. The van der Waals surface area contributed by atoms with Crippen molar-refractivity contribution in [3.63, 3.8) is 0 Å². The van der Waals surface area contributed by atoms with Crippen LogP contribution in [0.1, 0.15) is 24.1 Å². The van der Waals surface area contributed by atoms with Crippen LogP contribution in [-0.4, -0.2) is 26.5 Å². The minimum atomic E-state index is -0.444. The first-order valence-electron chi connectivity index (χ1n) is 6.62. The number of nitro groups is 1. The third-order valence-electron chi connectivity index (χ3n) is 3.08. The number of nitro benzene ring substituents is 1. The zero-order chi connectivity index (χ0) is 15.2. The number of aryl methyl sites for hydroxylation is 1. The van der Waals surface area contributed by atoms with Crippen molar-refractivity contribution in [3.8, 4) is 0 Å². The first-order valence-corrected chi connectivity index (χ1v) is 7.00. The summed E-state index contributed by atoms with van der Waals surface area (Å²) < 4.78 is 1.56. The Balaban J connectivity index is 2.13. The molecule has 21 heavy (non-hydrogen) atoms. The molecule has 0 fully saturated rings. The van der Waals surface area contributed by atoms with E-state index in [1.54, 1.807) is 23.0 Å². The smallest absolute Gasteiger partial charge is 0.275 e. The number of halogens is 1. The van der Waals surface area contributed by atoms with Crippen LogP contribution in [0.25, 0.3) is 0 Å². The van der Waals surface area contributed by atoms with Gasteiger partial charge in [0.2, 0.25) is 0 Å². The van der Waals surface area contributed by atoms with Crippen molar-refractivity contribution in [2.45, 2.75) is 25.8 Å². The number of hydrogen-bond donors (Lipinski definition) is 1. The summed E-state index contributed by atoms with van der Waals surface area (Å²) in [6.07, 6.45) is 4.45. The summed E-state index contributed by atoms with van der Waals surface area (Å²) in [5.74, 6) is 0. The predicted octanol–water partition coefficient (Wildman–Crippen LogP) is 2.17. The fraction of sp³-hybridized carbons (Fsp3) is 0.385. The monoisotopic (exact) mass is 309 g/mol. The second-order valence-corrected chi connectivity index (χ2v) is 5.06. The summed E-state index contributed by atoms with van der Waals surface area (Å²) in [4.78, 5) is 10.6. The van der Waals surface area contributed by atoms with Crippen LogP contribution < -0.4 is 5.73 Å². The average Bonchev–Trinajstić information content (AvgIpc) is 2.89. The van der Waals surface area contributed by atoms with E-state index < -0.39 is 4.92 Å². The average molecular weight is 310 g/mol. The molecule has 2 aromatic rings. The number of rotatable bonds is 7. The van der Waals surface area contributed by atoms with E-state index in [0.717, 1.165) is 25.0 Å². The first kappa shape index (κ1) is 15.4.